The Kier molecular flexibility index (Phi) is 5.11. The van der Waals surface area contributed by atoms with Gasteiger partial charge in [-0.05, 0) is 64.0 Å². The minimum Gasteiger partial charge on any atom is -0.310 e. The molecule has 1 aliphatic carbocycles. The molecule has 1 saturated carbocycles. The minimum absolute atomic E-state index is 0.763. The van der Waals surface area contributed by atoms with Gasteiger partial charge in [-0.15, -0.1) is 11.3 Å². The monoisotopic (exact) mass is 364 g/mol. The maximum atomic E-state index is 3.62. The molecule has 2 nitrogen and oxygen atoms in total. The van der Waals surface area contributed by atoms with Crippen molar-refractivity contribution in [3.05, 3.63) is 56.2 Å². The summed E-state index contributed by atoms with van der Waals surface area (Å²) in [7, 11) is 2.19. The molecule has 1 aromatic carbocycles. The fourth-order valence-corrected chi connectivity index (χ4v) is 3.71. The van der Waals surface area contributed by atoms with Gasteiger partial charge in [-0.1, -0.05) is 24.3 Å². The van der Waals surface area contributed by atoms with E-state index in [4.69, 9.17) is 0 Å². The molecular weight excluding hydrogens is 344 g/mol. The molecule has 0 radical (unpaired) electrons. The van der Waals surface area contributed by atoms with Crippen molar-refractivity contribution in [3.63, 3.8) is 0 Å². The Morgan fingerprint density at radius 1 is 1.24 bits per heavy atom. The van der Waals surface area contributed by atoms with Crippen molar-refractivity contribution < 1.29 is 0 Å². The highest BCUT2D eigenvalue weighted by molar-refractivity contribution is 9.11. The first-order chi connectivity index (χ1) is 10.2. The third kappa shape index (κ3) is 4.65. The van der Waals surface area contributed by atoms with Gasteiger partial charge in [0.1, 0.15) is 0 Å². The van der Waals surface area contributed by atoms with Gasteiger partial charge in [0.05, 0.1) is 3.79 Å². The fraction of sp³-hybridized carbons (Fsp3) is 0.412. The Morgan fingerprint density at radius 2 is 2.00 bits per heavy atom. The van der Waals surface area contributed by atoms with E-state index in [0.29, 0.717) is 0 Å². The number of benzene rings is 1. The molecule has 0 spiro atoms. The van der Waals surface area contributed by atoms with Crippen molar-refractivity contribution in [2.45, 2.75) is 38.5 Å². The lowest BCUT2D eigenvalue weighted by atomic mass is 10.1. The number of hydrogen-bond acceptors (Lipinski definition) is 3. The molecule has 3 rings (SSSR count). The van der Waals surface area contributed by atoms with Crippen LogP contribution in [0.1, 0.15) is 29.5 Å². The van der Waals surface area contributed by atoms with E-state index < -0.39 is 0 Å². The van der Waals surface area contributed by atoms with E-state index >= 15 is 0 Å². The normalized spacial score (nSPS) is 14.8. The molecule has 1 N–H and O–H groups in total. The molecule has 2 aromatic rings. The summed E-state index contributed by atoms with van der Waals surface area (Å²) in [6, 6.07) is 11.8. The molecule has 21 heavy (non-hydrogen) atoms. The van der Waals surface area contributed by atoms with Gasteiger partial charge in [0.25, 0.3) is 0 Å². The molecular formula is C17H21BrN2S. The number of nitrogens with one attached hydrogen (secondary N) is 1. The van der Waals surface area contributed by atoms with E-state index in [1.807, 2.05) is 0 Å². The van der Waals surface area contributed by atoms with Crippen LogP contribution < -0.4 is 5.32 Å². The highest BCUT2D eigenvalue weighted by atomic mass is 79.9. The largest absolute Gasteiger partial charge is 0.310 e. The number of rotatable bonds is 7. The Morgan fingerprint density at radius 3 is 2.67 bits per heavy atom. The summed E-state index contributed by atoms with van der Waals surface area (Å²) in [6.45, 7) is 2.99. The topological polar surface area (TPSA) is 15.3 Å². The molecule has 0 unspecified atom stereocenters. The van der Waals surface area contributed by atoms with Crippen molar-refractivity contribution in [3.8, 4) is 0 Å². The van der Waals surface area contributed by atoms with Gasteiger partial charge < -0.3 is 5.32 Å². The summed E-state index contributed by atoms with van der Waals surface area (Å²) < 4.78 is 1.21. The second-order valence-electron chi connectivity index (χ2n) is 5.86. The van der Waals surface area contributed by atoms with Crippen molar-refractivity contribution in [2.75, 3.05) is 7.05 Å². The van der Waals surface area contributed by atoms with Crippen LogP contribution >= 0.6 is 27.3 Å². The van der Waals surface area contributed by atoms with Gasteiger partial charge in [-0.25, -0.2) is 0 Å². The van der Waals surface area contributed by atoms with E-state index in [2.05, 4.69) is 68.9 Å². The third-order valence-corrected chi connectivity index (χ3v) is 5.34. The highest BCUT2D eigenvalue weighted by Gasteiger charge is 2.20. The zero-order chi connectivity index (χ0) is 14.7. The smallest absolute Gasteiger partial charge is 0.0701 e. The second-order valence-corrected chi connectivity index (χ2v) is 8.15. The highest BCUT2D eigenvalue weighted by Crippen LogP contribution is 2.23. The number of hydrogen-bond donors (Lipinski definition) is 1. The lowest BCUT2D eigenvalue weighted by molar-refractivity contribution is 0.318. The minimum atomic E-state index is 0.763. The van der Waals surface area contributed by atoms with Crippen LogP contribution in [0.15, 0.2) is 39.5 Å². The first-order valence-corrected chi connectivity index (χ1v) is 9.09. The van der Waals surface area contributed by atoms with Crippen LogP contribution in [-0.4, -0.2) is 18.0 Å². The average Bonchev–Trinajstić information content (AvgIpc) is 3.20. The van der Waals surface area contributed by atoms with Gasteiger partial charge in [0.2, 0.25) is 0 Å². The fourth-order valence-electron chi connectivity index (χ4n) is 2.51. The number of thiophene rings is 1. The summed E-state index contributed by atoms with van der Waals surface area (Å²) in [4.78, 5) is 2.38. The van der Waals surface area contributed by atoms with Crippen LogP contribution in [-0.2, 0) is 19.6 Å². The zero-order valence-electron chi connectivity index (χ0n) is 12.3. The molecule has 1 aromatic heterocycles. The molecule has 0 atom stereocenters. The number of halogens is 1. The second kappa shape index (κ2) is 7.05. The zero-order valence-corrected chi connectivity index (χ0v) is 14.7. The van der Waals surface area contributed by atoms with Crippen LogP contribution in [0.3, 0.4) is 0 Å². The first-order valence-electron chi connectivity index (χ1n) is 7.42. The predicted molar refractivity (Wildman–Crippen MR) is 93.5 cm³/mol. The maximum absolute atomic E-state index is 3.62. The van der Waals surface area contributed by atoms with Crippen molar-refractivity contribution in [1.29, 1.82) is 0 Å². The van der Waals surface area contributed by atoms with E-state index in [0.717, 1.165) is 25.7 Å². The quantitative estimate of drug-likeness (QED) is 0.783. The summed E-state index contributed by atoms with van der Waals surface area (Å²) in [5.41, 5.74) is 4.24. The van der Waals surface area contributed by atoms with Crippen molar-refractivity contribution in [2.24, 2.45) is 0 Å². The Balaban J connectivity index is 1.60. The van der Waals surface area contributed by atoms with Crippen LogP contribution in [0.25, 0.3) is 0 Å². The molecule has 1 heterocycles. The number of nitrogens with zero attached hydrogens (tertiary/aromatic N) is 1. The van der Waals surface area contributed by atoms with Crippen LogP contribution in [0.5, 0.6) is 0 Å². The van der Waals surface area contributed by atoms with Gasteiger partial charge in [-0.2, -0.15) is 0 Å². The van der Waals surface area contributed by atoms with E-state index in [9.17, 15) is 0 Å². The third-order valence-electron chi connectivity index (χ3n) is 3.79. The molecule has 0 aliphatic heterocycles. The molecule has 0 amide bonds. The molecule has 0 saturated heterocycles. The lowest BCUT2D eigenvalue weighted by Gasteiger charge is -2.18. The van der Waals surface area contributed by atoms with E-state index in [1.54, 1.807) is 11.3 Å². The van der Waals surface area contributed by atoms with Crippen molar-refractivity contribution in [1.82, 2.24) is 10.2 Å². The van der Waals surface area contributed by atoms with Gasteiger partial charge in [0, 0.05) is 25.7 Å². The molecule has 112 valence electrons. The van der Waals surface area contributed by atoms with Crippen molar-refractivity contribution >= 4 is 27.3 Å². The Hall–Kier alpha value is -0.680. The first kappa shape index (κ1) is 15.2. The Bertz CT molecular complexity index is 592. The predicted octanol–water partition coefficient (Wildman–Crippen LogP) is 4.39. The lowest BCUT2D eigenvalue weighted by Crippen LogP contribution is -2.20. The summed E-state index contributed by atoms with van der Waals surface area (Å²) in [5, 5.41) is 5.84. The van der Waals surface area contributed by atoms with E-state index in [1.165, 1.54) is 33.3 Å². The van der Waals surface area contributed by atoms with Crippen LogP contribution in [0.2, 0.25) is 0 Å². The maximum Gasteiger partial charge on any atom is 0.0701 e. The molecule has 1 fully saturated rings. The standard InChI is InChI=1S/C17H21BrN2S/c1-20(10-13-8-17(18)21-12-13)11-15-5-3-2-4-14(15)9-19-16-6-7-16/h2-5,8,12,16,19H,6-7,9-11H2,1H3. The summed E-state index contributed by atoms with van der Waals surface area (Å²) >= 11 is 5.29. The van der Waals surface area contributed by atoms with Gasteiger partial charge >= 0.3 is 0 Å². The molecule has 1 aliphatic rings. The summed E-state index contributed by atoms with van der Waals surface area (Å²) in [5.74, 6) is 0. The molecule has 0 bridgehead atoms. The average molecular weight is 365 g/mol. The summed E-state index contributed by atoms with van der Waals surface area (Å²) in [6.07, 6.45) is 2.68. The van der Waals surface area contributed by atoms with Gasteiger partial charge in [-0.3, -0.25) is 4.90 Å². The van der Waals surface area contributed by atoms with E-state index in [-0.39, 0.29) is 0 Å². The van der Waals surface area contributed by atoms with Crippen LogP contribution in [0, 0.1) is 0 Å². The Labute approximate surface area is 139 Å². The van der Waals surface area contributed by atoms with Gasteiger partial charge in [0.15, 0.2) is 0 Å². The van der Waals surface area contributed by atoms with Crippen LogP contribution in [0.4, 0.5) is 0 Å². The molecule has 4 heteroatoms. The SMILES string of the molecule is CN(Cc1csc(Br)c1)Cc1ccccc1CNC1CC1.